The molecule has 2 N–H and O–H groups in total. The predicted molar refractivity (Wildman–Crippen MR) is 43.7 cm³/mol. The lowest BCUT2D eigenvalue weighted by Gasteiger charge is -2.13. The third-order valence-electron chi connectivity index (χ3n) is 1.69. The predicted octanol–water partition coefficient (Wildman–Crippen LogP) is 0.592. The van der Waals surface area contributed by atoms with E-state index in [2.05, 4.69) is 10.6 Å². The Morgan fingerprint density at radius 3 is 2.64 bits per heavy atom. The van der Waals surface area contributed by atoms with Crippen LogP contribution in [0.3, 0.4) is 0 Å². The second kappa shape index (κ2) is 2.95. The van der Waals surface area contributed by atoms with Gasteiger partial charge < -0.3 is 10.6 Å². The Labute approximate surface area is 66.9 Å². The van der Waals surface area contributed by atoms with Gasteiger partial charge in [-0.15, -0.1) is 0 Å². The Kier molecular flexibility index (Phi) is 2.17. The lowest BCUT2D eigenvalue weighted by molar-refractivity contribution is -0.124. The second-order valence-electron chi connectivity index (χ2n) is 3.13. The first-order valence-corrected chi connectivity index (χ1v) is 3.84. The molecule has 1 aliphatic rings. The quantitative estimate of drug-likeness (QED) is 0.611. The molecule has 1 atom stereocenters. The maximum Gasteiger partial charge on any atom is 0.177 e. The number of carbonyl (C=O) groups excluding carboxylic acids is 1. The Hall–Kier alpha value is -0.990. The molecule has 3 nitrogen and oxygen atoms in total. The minimum Gasteiger partial charge on any atom is -0.364 e. The van der Waals surface area contributed by atoms with E-state index in [1.807, 2.05) is 27.0 Å². The molecule has 1 unspecified atom stereocenters. The van der Waals surface area contributed by atoms with Gasteiger partial charge in [0.1, 0.15) is 0 Å². The van der Waals surface area contributed by atoms with Gasteiger partial charge in [0.15, 0.2) is 11.9 Å². The van der Waals surface area contributed by atoms with Crippen molar-refractivity contribution < 1.29 is 4.79 Å². The summed E-state index contributed by atoms with van der Waals surface area (Å²) in [6.45, 7) is 5.74. The van der Waals surface area contributed by atoms with Gasteiger partial charge in [0.2, 0.25) is 0 Å². The first-order valence-electron chi connectivity index (χ1n) is 3.84. The molecule has 0 bridgehead atoms. The third kappa shape index (κ3) is 1.73. The largest absolute Gasteiger partial charge is 0.364 e. The zero-order valence-electron chi connectivity index (χ0n) is 7.14. The van der Waals surface area contributed by atoms with Crippen molar-refractivity contribution in [1.29, 1.82) is 0 Å². The highest BCUT2D eigenvalue weighted by atomic mass is 16.1. The van der Waals surface area contributed by atoms with Crippen molar-refractivity contribution in [2.45, 2.75) is 26.9 Å². The van der Waals surface area contributed by atoms with Crippen LogP contribution in [0.4, 0.5) is 0 Å². The van der Waals surface area contributed by atoms with Crippen molar-refractivity contribution in [3.05, 3.63) is 11.9 Å². The highest BCUT2D eigenvalue weighted by molar-refractivity contribution is 5.86. The fourth-order valence-electron chi connectivity index (χ4n) is 1.01. The molecule has 62 valence electrons. The fourth-order valence-corrected chi connectivity index (χ4v) is 1.01. The average Bonchev–Trinajstić information content (AvgIpc) is 2.34. The summed E-state index contributed by atoms with van der Waals surface area (Å²) in [4.78, 5) is 11.3. The highest BCUT2D eigenvalue weighted by Gasteiger charge is 2.22. The van der Waals surface area contributed by atoms with Crippen LogP contribution in [0.1, 0.15) is 20.8 Å². The van der Waals surface area contributed by atoms with E-state index < -0.39 is 0 Å². The first-order chi connectivity index (χ1) is 5.11. The minimum absolute atomic E-state index is 0.0827. The Morgan fingerprint density at radius 1 is 1.64 bits per heavy atom. The summed E-state index contributed by atoms with van der Waals surface area (Å²) >= 11 is 0. The van der Waals surface area contributed by atoms with Gasteiger partial charge in [0.25, 0.3) is 0 Å². The van der Waals surface area contributed by atoms with E-state index in [1.165, 1.54) is 0 Å². The second-order valence-corrected chi connectivity index (χ2v) is 3.13. The van der Waals surface area contributed by atoms with E-state index in [0.29, 0.717) is 0 Å². The van der Waals surface area contributed by atoms with Crippen LogP contribution in [0.25, 0.3) is 0 Å². The zero-order chi connectivity index (χ0) is 8.43. The normalized spacial score (nSPS) is 22.5. The van der Waals surface area contributed by atoms with Crippen molar-refractivity contribution in [1.82, 2.24) is 10.6 Å². The van der Waals surface area contributed by atoms with Crippen LogP contribution in [0.2, 0.25) is 0 Å². The number of carbonyl (C=O) groups is 1. The summed E-state index contributed by atoms with van der Waals surface area (Å²) in [5.41, 5.74) is 1.02. The number of allylic oxidation sites excluding steroid dienone is 1. The SMILES string of the molecule is CC1=CNC(C(=O)C(C)C)N1. The maximum absolute atomic E-state index is 11.3. The molecule has 0 aromatic carbocycles. The zero-order valence-corrected chi connectivity index (χ0v) is 7.14. The minimum atomic E-state index is -0.199. The van der Waals surface area contributed by atoms with Crippen molar-refractivity contribution in [2.24, 2.45) is 5.92 Å². The van der Waals surface area contributed by atoms with Crippen LogP contribution < -0.4 is 10.6 Å². The number of Topliss-reactive ketones (excluding diaryl/α,β-unsaturated/α-hetero) is 1. The molecule has 0 saturated carbocycles. The molecule has 0 aliphatic carbocycles. The number of nitrogens with one attached hydrogen (secondary N) is 2. The number of ketones is 1. The van der Waals surface area contributed by atoms with Crippen LogP contribution in [0.5, 0.6) is 0 Å². The smallest absolute Gasteiger partial charge is 0.177 e. The molecule has 0 saturated heterocycles. The molecule has 1 rings (SSSR count). The van der Waals surface area contributed by atoms with Crippen LogP contribution in [-0.2, 0) is 4.79 Å². The van der Waals surface area contributed by atoms with Gasteiger partial charge in [-0.1, -0.05) is 13.8 Å². The summed E-state index contributed by atoms with van der Waals surface area (Å²) in [6.07, 6.45) is 1.63. The van der Waals surface area contributed by atoms with Gasteiger partial charge in [-0.25, -0.2) is 0 Å². The highest BCUT2D eigenvalue weighted by Crippen LogP contribution is 2.03. The van der Waals surface area contributed by atoms with Crippen molar-refractivity contribution in [2.75, 3.05) is 0 Å². The molecule has 3 heteroatoms. The Bertz CT molecular complexity index is 196. The molecule has 0 aromatic heterocycles. The lowest BCUT2D eigenvalue weighted by Crippen LogP contribution is -2.42. The fraction of sp³-hybridized carbons (Fsp3) is 0.625. The van der Waals surface area contributed by atoms with Crippen molar-refractivity contribution in [3.8, 4) is 0 Å². The summed E-state index contributed by atoms with van der Waals surface area (Å²) in [5.74, 6) is 0.289. The molecule has 1 aliphatic heterocycles. The molecule has 0 aromatic rings. The molecule has 0 spiro atoms. The van der Waals surface area contributed by atoms with E-state index in [4.69, 9.17) is 0 Å². The number of rotatable bonds is 2. The molecule has 0 radical (unpaired) electrons. The van der Waals surface area contributed by atoms with E-state index in [-0.39, 0.29) is 17.9 Å². The Morgan fingerprint density at radius 2 is 2.27 bits per heavy atom. The van der Waals surface area contributed by atoms with Gasteiger partial charge in [-0.2, -0.15) is 0 Å². The van der Waals surface area contributed by atoms with E-state index >= 15 is 0 Å². The molecular formula is C8H14N2O. The lowest BCUT2D eigenvalue weighted by atomic mass is 10.1. The first kappa shape index (κ1) is 8.11. The molecular weight excluding hydrogens is 140 g/mol. The van der Waals surface area contributed by atoms with Crippen LogP contribution in [0, 0.1) is 5.92 Å². The van der Waals surface area contributed by atoms with Gasteiger partial charge in [0.05, 0.1) is 0 Å². The van der Waals surface area contributed by atoms with Gasteiger partial charge in [-0.05, 0) is 6.92 Å². The van der Waals surface area contributed by atoms with Gasteiger partial charge in [0, 0.05) is 17.8 Å². The molecule has 0 amide bonds. The van der Waals surface area contributed by atoms with Gasteiger partial charge >= 0.3 is 0 Å². The monoisotopic (exact) mass is 154 g/mol. The van der Waals surface area contributed by atoms with E-state index in [9.17, 15) is 4.79 Å². The summed E-state index contributed by atoms with van der Waals surface area (Å²) in [6, 6.07) is 0. The summed E-state index contributed by atoms with van der Waals surface area (Å²) in [7, 11) is 0. The Balaban J connectivity index is 2.47. The average molecular weight is 154 g/mol. The van der Waals surface area contributed by atoms with Crippen LogP contribution in [-0.4, -0.2) is 11.9 Å². The van der Waals surface area contributed by atoms with E-state index in [0.717, 1.165) is 5.70 Å². The topological polar surface area (TPSA) is 41.1 Å². The third-order valence-corrected chi connectivity index (χ3v) is 1.69. The number of hydrogen-bond donors (Lipinski definition) is 2. The van der Waals surface area contributed by atoms with Crippen LogP contribution >= 0.6 is 0 Å². The maximum atomic E-state index is 11.3. The van der Waals surface area contributed by atoms with Crippen LogP contribution in [0.15, 0.2) is 11.9 Å². The standard InChI is InChI=1S/C8H14N2O/c1-5(2)7(11)8-9-4-6(3)10-8/h4-5,8-10H,1-3H3. The summed E-state index contributed by atoms with van der Waals surface area (Å²) < 4.78 is 0. The van der Waals surface area contributed by atoms with Crippen molar-refractivity contribution in [3.63, 3.8) is 0 Å². The summed E-state index contributed by atoms with van der Waals surface area (Å²) in [5, 5.41) is 6.00. The molecule has 1 heterocycles. The molecule has 11 heavy (non-hydrogen) atoms. The molecule has 0 fully saturated rings. The van der Waals surface area contributed by atoms with Crippen molar-refractivity contribution >= 4 is 5.78 Å². The number of hydrogen-bond acceptors (Lipinski definition) is 3. The van der Waals surface area contributed by atoms with Gasteiger partial charge in [-0.3, -0.25) is 4.79 Å². The van der Waals surface area contributed by atoms with E-state index in [1.54, 1.807) is 0 Å².